The van der Waals surface area contributed by atoms with Gasteiger partial charge in [-0.1, -0.05) is 82.3 Å². The molecule has 0 radical (unpaired) electrons. The molecule has 232 valence electrons. The van der Waals surface area contributed by atoms with Gasteiger partial charge in [0.15, 0.2) is 11.6 Å². The van der Waals surface area contributed by atoms with Crippen LogP contribution in [0.5, 0.6) is 0 Å². The van der Waals surface area contributed by atoms with Gasteiger partial charge in [-0.05, 0) is 106 Å². The summed E-state index contributed by atoms with van der Waals surface area (Å²) < 4.78 is 0. The Kier molecular flexibility index (Phi) is 7.28. The van der Waals surface area contributed by atoms with Crippen molar-refractivity contribution in [3.8, 4) is 11.1 Å². The second-order valence-electron chi connectivity index (χ2n) is 12.7. The molecule has 5 aromatic rings. The number of anilines is 3. The zero-order valence-electron chi connectivity index (χ0n) is 26.9. The highest BCUT2D eigenvalue weighted by molar-refractivity contribution is 6.41. The Balaban J connectivity index is 1.34. The molecule has 0 atom stereocenters. The van der Waals surface area contributed by atoms with Crippen LogP contribution in [0.3, 0.4) is 0 Å². The molecule has 0 bridgehead atoms. The maximum Gasteiger partial charge on any atom is 0.335 e. The Morgan fingerprint density at radius 1 is 0.702 bits per heavy atom. The van der Waals surface area contributed by atoms with Crippen molar-refractivity contribution in [2.24, 2.45) is 0 Å². The van der Waals surface area contributed by atoms with Gasteiger partial charge in [0.05, 0.1) is 22.5 Å². The number of benzene rings is 5. The summed E-state index contributed by atoms with van der Waals surface area (Å²) in [5, 5.41) is 9.40. The number of carboxylic acid groups (broad SMARTS) is 1. The fourth-order valence-corrected chi connectivity index (χ4v) is 7.18. The van der Waals surface area contributed by atoms with E-state index in [4.69, 9.17) is 0 Å². The number of hydrogen-bond acceptors (Lipinski definition) is 4. The molecule has 1 N–H and O–H groups in total. The number of fused-ring (bicyclic) bond motifs is 3. The Bertz CT molecular complexity index is 2160. The number of nitrogens with zero attached hydrogens (tertiary/aromatic N) is 1. The molecule has 0 fully saturated rings. The van der Waals surface area contributed by atoms with Gasteiger partial charge in [-0.2, -0.15) is 0 Å². The van der Waals surface area contributed by atoms with Crippen molar-refractivity contribution in [1.82, 2.24) is 0 Å². The normalized spacial score (nSPS) is 15.4. The summed E-state index contributed by atoms with van der Waals surface area (Å²) in [4.78, 5) is 40.5. The summed E-state index contributed by atoms with van der Waals surface area (Å²) in [5.41, 5.74) is 11.4. The van der Waals surface area contributed by atoms with Gasteiger partial charge in [0.25, 0.3) is 0 Å². The number of aryl methyl sites for hydroxylation is 2. The van der Waals surface area contributed by atoms with Crippen molar-refractivity contribution in [2.45, 2.75) is 46.0 Å². The van der Waals surface area contributed by atoms with Crippen LogP contribution in [0, 0.1) is 0 Å². The summed E-state index contributed by atoms with van der Waals surface area (Å²) in [5.74, 6) is -1.94. The van der Waals surface area contributed by atoms with E-state index in [0.717, 1.165) is 45.6 Å². The van der Waals surface area contributed by atoms with E-state index in [2.05, 4.69) is 111 Å². The highest BCUT2D eigenvalue weighted by Gasteiger charge is 2.37. The van der Waals surface area contributed by atoms with E-state index >= 15 is 0 Å². The lowest BCUT2D eigenvalue weighted by Crippen LogP contribution is -2.30. The lowest BCUT2D eigenvalue weighted by atomic mass is 9.72. The molecule has 2 aliphatic rings. The number of carboxylic acids is 1. The first-order valence-corrected chi connectivity index (χ1v) is 16.1. The maximum absolute atomic E-state index is 13.4. The molecule has 0 aromatic heterocycles. The van der Waals surface area contributed by atoms with Crippen molar-refractivity contribution in [2.75, 3.05) is 4.90 Å². The largest absolute Gasteiger partial charge is 0.478 e. The Hall–Kier alpha value is -5.55. The predicted molar refractivity (Wildman–Crippen MR) is 187 cm³/mol. The molecular formula is C42H35NO4. The molecule has 0 spiro atoms. The zero-order chi connectivity index (χ0) is 33.0. The number of carbonyl (C=O) groups is 3. The number of ketones is 2. The molecule has 47 heavy (non-hydrogen) atoms. The van der Waals surface area contributed by atoms with Crippen LogP contribution in [0.25, 0.3) is 17.2 Å². The van der Waals surface area contributed by atoms with Gasteiger partial charge in [-0.15, -0.1) is 0 Å². The highest BCUT2D eigenvalue weighted by Crippen LogP contribution is 2.52. The van der Waals surface area contributed by atoms with Crippen molar-refractivity contribution < 1.29 is 19.5 Å². The van der Waals surface area contributed by atoms with E-state index in [9.17, 15) is 19.5 Å². The maximum atomic E-state index is 13.4. The second-order valence-corrected chi connectivity index (χ2v) is 12.7. The molecule has 0 saturated heterocycles. The molecule has 0 saturated carbocycles. The lowest BCUT2D eigenvalue weighted by Gasteiger charge is -2.42. The van der Waals surface area contributed by atoms with Crippen molar-refractivity contribution in [3.05, 3.63) is 153 Å². The Morgan fingerprint density at radius 3 is 2.11 bits per heavy atom. The summed E-state index contributed by atoms with van der Waals surface area (Å²) in [6.45, 7) is 8.77. The average Bonchev–Trinajstić information content (AvgIpc) is 3.32. The van der Waals surface area contributed by atoms with Crippen LogP contribution in [0.2, 0.25) is 0 Å². The molecule has 1 heterocycles. The monoisotopic (exact) mass is 617 g/mol. The first-order chi connectivity index (χ1) is 22.6. The summed E-state index contributed by atoms with van der Waals surface area (Å²) in [6.07, 6.45) is 3.16. The quantitative estimate of drug-likeness (QED) is 0.152. The lowest BCUT2D eigenvalue weighted by molar-refractivity contribution is 0.0696. The smallest absolute Gasteiger partial charge is 0.335 e. The molecule has 5 nitrogen and oxygen atoms in total. The molecule has 5 aromatic carbocycles. The Morgan fingerprint density at radius 2 is 1.38 bits per heavy atom. The summed E-state index contributed by atoms with van der Waals surface area (Å²) in [6, 6.07) is 34.3. The standard InChI is InChI=1S/C42H35NO4/c1-5-25-21-32(26(6-2)20-29(25)23-34-39(44)31-18-16-28(41(46)47)22-33(31)40(34)45)27-17-19-38-36(24-27)42(3,4)35-14-10-11-15-37(35)43(38)30-12-8-7-9-13-30/h7-24H,5-6H2,1-4H3,(H,46,47)/b34-23+. The van der Waals surface area contributed by atoms with Crippen LogP contribution in [-0.4, -0.2) is 22.6 Å². The minimum Gasteiger partial charge on any atom is -0.478 e. The van der Waals surface area contributed by atoms with Crippen LogP contribution >= 0.6 is 0 Å². The molecule has 1 aliphatic heterocycles. The number of rotatable bonds is 6. The molecule has 1 aliphatic carbocycles. The van der Waals surface area contributed by atoms with Crippen LogP contribution in [-0.2, 0) is 18.3 Å². The number of allylic oxidation sites excluding steroid dienone is 1. The van der Waals surface area contributed by atoms with Crippen LogP contribution < -0.4 is 4.90 Å². The third-order valence-corrected chi connectivity index (χ3v) is 9.73. The third kappa shape index (κ3) is 4.81. The minimum absolute atomic E-state index is 0.0124. The zero-order valence-corrected chi connectivity index (χ0v) is 26.9. The van der Waals surface area contributed by atoms with Crippen LogP contribution in [0.1, 0.15) is 86.6 Å². The van der Waals surface area contributed by atoms with Crippen molar-refractivity contribution in [3.63, 3.8) is 0 Å². The molecule has 7 rings (SSSR count). The fourth-order valence-electron chi connectivity index (χ4n) is 7.18. The van der Waals surface area contributed by atoms with Crippen molar-refractivity contribution >= 4 is 40.7 Å². The van der Waals surface area contributed by atoms with Gasteiger partial charge >= 0.3 is 5.97 Å². The first-order valence-electron chi connectivity index (χ1n) is 16.1. The van der Waals surface area contributed by atoms with E-state index in [-0.39, 0.29) is 33.5 Å². The predicted octanol–water partition coefficient (Wildman–Crippen LogP) is 9.75. The van der Waals surface area contributed by atoms with Gasteiger partial charge in [-0.3, -0.25) is 9.59 Å². The van der Waals surface area contributed by atoms with Gasteiger partial charge in [0.1, 0.15) is 0 Å². The Labute approximate surface area is 274 Å². The highest BCUT2D eigenvalue weighted by atomic mass is 16.4. The number of carbonyl (C=O) groups excluding carboxylic acids is 2. The molecule has 5 heteroatoms. The number of hydrogen-bond donors (Lipinski definition) is 1. The van der Waals surface area contributed by atoms with Gasteiger partial charge in [0, 0.05) is 22.2 Å². The SMILES string of the molecule is CCc1cc(-c2ccc3c(c2)C(C)(C)c2ccccc2N3c2ccccc2)c(CC)cc1/C=C1\C(=O)c2ccc(C(=O)O)cc2C1=O. The van der Waals surface area contributed by atoms with Crippen molar-refractivity contribution in [1.29, 1.82) is 0 Å². The molecular weight excluding hydrogens is 582 g/mol. The average molecular weight is 618 g/mol. The summed E-state index contributed by atoms with van der Waals surface area (Å²) >= 11 is 0. The van der Waals surface area contributed by atoms with Crippen LogP contribution in [0.15, 0.2) is 109 Å². The van der Waals surface area contributed by atoms with E-state index in [1.165, 1.54) is 35.0 Å². The third-order valence-electron chi connectivity index (χ3n) is 9.73. The topological polar surface area (TPSA) is 74.7 Å². The van der Waals surface area contributed by atoms with Gasteiger partial charge in [0.2, 0.25) is 0 Å². The second kappa shape index (κ2) is 11.4. The first kappa shape index (κ1) is 30.1. The fraction of sp³-hybridized carbons (Fsp3) is 0.167. The van der Waals surface area contributed by atoms with Gasteiger partial charge < -0.3 is 10.0 Å². The minimum atomic E-state index is -1.13. The van der Waals surface area contributed by atoms with Crippen LogP contribution in [0.4, 0.5) is 17.1 Å². The van der Waals surface area contributed by atoms with E-state index in [1.807, 2.05) is 6.07 Å². The molecule has 0 unspecified atom stereocenters. The number of Topliss-reactive ketones (excluding diaryl/α,β-unsaturated/α-hetero) is 2. The van der Waals surface area contributed by atoms with E-state index in [0.29, 0.717) is 6.42 Å². The van der Waals surface area contributed by atoms with E-state index < -0.39 is 11.8 Å². The summed E-state index contributed by atoms with van der Waals surface area (Å²) in [7, 11) is 0. The van der Waals surface area contributed by atoms with Gasteiger partial charge in [-0.25, -0.2) is 4.79 Å². The number of para-hydroxylation sites is 2. The number of aromatic carboxylic acids is 1. The molecule has 0 amide bonds. The van der Waals surface area contributed by atoms with E-state index in [1.54, 1.807) is 6.08 Å².